The Morgan fingerprint density at radius 1 is 0.633 bits per heavy atom. The molecule has 0 fully saturated rings. The van der Waals surface area contributed by atoms with E-state index in [0.29, 0.717) is 17.6 Å². The minimum atomic E-state index is -4.63. The van der Waals surface area contributed by atoms with Gasteiger partial charge in [0.1, 0.15) is 19.8 Å². The summed E-state index contributed by atoms with van der Waals surface area (Å²) in [5, 5.41) is 2.72. The van der Waals surface area contributed by atoms with Gasteiger partial charge in [-0.3, -0.25) is 9.36 Å². The second-order valence-corrected chi connectivity index (χ2v) is 16.2. The highest BCUT2D eigenvalue weighted by Crippen LogP contribution is 2.38. The molecule has 0 aliphatic heterocycles. The first-order valence-corrected chi connectivity index (χ1v) is 21.5. The summed E-state index contributed by atoms with van der Waals surface area (Å²) in [5.74, 6) is -0.400. The predicted octanol–water partition coefficient (Wildman–Crippen LogP) is 9.62. The number of quaternary nitrogens is 1. The van der Waals surface area contributed by atoms with Gasteiger partial charge in [-0.1, -0.05) is 155 Å². The smallest absolute Gasteiger partial charge is 0.407 e. The van der Waals surface area contributed by atoms with Gasteiger partial charge in [-0.05, 0) is 12.8 Å². The van der Waals surface area contributed by atoms with E-state index in [1.54, 1.807) is 0 Å². The zero-order valence-electron chi connectivity index (χ0n) is 32.5. The van der Waals surface area contributed by atoms with Crippen LogP contribution in [0.4, 0.5) is 4.79 Å². The molecule has 1 amide bonds. The Morgan fingerprint density at radius 3 is 1.51 bits per heavy atom. The van der Waals surface area contributed by atoms with Crippen LogP contribution >= 0.6 is 7.82 Å². The Morgan fingerprint density at radius 2 is 1.06 bits per heavy atom. The number of amides is 1. The molecular formula is C38H77N2O8P. The number of hydrogen-bond donors (Lipinski definition) is 1. The number of likely N-dealkylation sites (N-methyl/N-ethyl adjacent to an activating group) is 1. The van der Waals surface area contributed by atoms with Crippen LogP contribution in [0.2, 0.25) is 0 Å². The van der Waals surface area contributed by atoms with Crippen molar-refractivity contribution in [2.75, 3.05) is 54.1 Å². The van der Waals surface area contributed by atoms with Gasteiger partial charge in [0.2, 0.25) is 0 Å². The summed E-state index contributed by atoms with van der Waals surface area (Å²) in [7, 11) is 1.14. The first kappa shape index (κ1) is 47.8. The molecular weight excluding hydrogens is 643 g/mol. The summed E-state index contributed by atoms with van der Waals surface area (Å²) >= 11 is 0. The van der Waals surface area contributed by atoms with Crippen LogP contribution in [0.1, 0.15) is 174 Å². The van der Waals surface area contributed by atoms with Gasteiger partial charge in [0.05, 0.1) is 27.7 Å². The average Bonchev–Trinajstić information content (AvgIpc) is 3.04. The third-order valence-electron chi connectivity index (χ3n) is 8.67. The Balaban J connectivity index is 4.38. The van der Waals surface area contributed by atoms with Crippen molar-refractivity contribution in [1.82, 2.24) is 5.32 Å². The minimum absolute atomic E-state index is 0.0383. The standard InChI is InChI=1S/C38H77N2O8P/c1-6-8-10-12-14-16-18-19-20-22-24-26-28-30-37(41)45-34-36(35-47-49(43,44)46-33-32-40(3,4)5)48-38(42)39-31-29-27-25-23-21-17-15-13-11-9-7-2/h36H,6-35H2,1-5H3,(H-,39,42,43,44)/t36-/m1/s1. The van der Waals surface area contributed by atoms with Crippen LogP contribution in [0.15, 0.2) is 0 Å². The van der Waals surface area contributed by atoms with Crippen LogP contribution in [-0.2, 0) is 27.9 Å². The molecule has 0 aromatic carbocycles. The van der Waals surface area contributed by atoms with E-state index < -0.39 is 32.6 Å². The Hall–Kier alpha value is -1.19. The van der Waals surface area contributed by atoms with Crippen molar-refractivity contribution >= 4 is 19.9 Å². The number of rotatable bonds is 36. The number of nitrogens with zero attached hydrogens (tertiary/aromatic N) is 1. The number of ether oxygens (including phenoxy) is 2. The second kappa shape index (κ2) is 32.7. The quantitative estimate of drug-likeness (QED) is 0.0294. The molecule has 0 aliphatic rings. The van der Waals surface area contributed by atoms with Gasteiger partial charge in [-0.25, -0.2) is 4.79 Å². The van der Waals surface area contributed by atoms with Crippen LogP contribution in [0, 0.1) is 0 Å². The lowest BCUT2D eigenvalue weighted by Crippen LogP contribution is -2.38. The van der Waals surface area contributed by atoms with Gasteiger partial charge in [0, 0.05) is 13.0 Å². The van der Waals surface area contributed by atoms with Crippen LogP contribution in [0.3, 0.4) is 0 Å². The largest absolute Gasteiger partial charge is 0.756 e. The number of unbranched alkanes of at least 4 members (excludes halogenated alkanes) is 22. The summed E-state index contributed by atoms with van der Waals surface area (Å²) in [4.78, 5) is 37.2. The lowest BCUT2D eigenvalue weighted by atomic mass is 10.0. The summed E-state index contributed by atoms with van der Waals surface area (Å²) in [5.41, 5.74) is 0. The molecule has 11 heteroatoms. The molecule has 2 atom stereocenters. The SMILES string of the molecule is CCCCCCCCCCCCCCCC(=O)OC[C@H](COP(=O)([O-])OCC[N+](C)(C)C)OC(=O)NCCCCCCCCCCCCC. The fourth-order valence-corrected chi connectivity index (χ4v) is 6.20. The molecule has 0 saturated carbocycles. The summed E-state index contributed by atoms with van der Waals surface area (Å²) in [6.45, 7) is 4.58. The fourth-order valence-electron chi connectivity index (χ4n) is 5.47. The van der Waals surface area contributed by atoms with E-state index in [-0.39, 0.29) is 19.6 Å². The van der Waals surface area contributed by atoms with Gasteiger partial charge < -0.3 is 33.2 Å². The summed E-state index contributed by atoms with van der Waals surface area (Å²) < 4.78 is 33.6. The predicted molar refractivity (Wildman–Crippen MR) is 198 cm³/mol. The van der Waals surface area contributed by atoms with Crippen LogP contribution < -0.4 is 10.2 Å². The van der Waals surface area contributed by atoms with E-state index in [1.807, 2.05) is 21.1 Å². The number of carbonyl (C=O) groups is 2. The molecule has 0 aliphatic carbocycles. The summed E-state index contributed by atoms with van der Waals surface area (Å²) in [6, 6.07) is 0. The number of carbonyl (C=O) groups excluding carboxylic acids is 2. The van der Waals surface area contributed by atoms with Gasteiger partial charge in [0.15, 0.2) is 6.10 Å². The van der Waals surface area contributed by atoms with Gasteiger partial charge in [-0.2, -0.15) is 0 Å². The highest BCUT2D eigenvalue weighted by molar-refractivity contribution is 7.45. The molecule has 0 rings (SSSR count). The van der Waals surface area contributed by atoms with Crippen molar-refractivity contribution in [3.63, 3.8) is 0 Å². The van der Waals surface area contributed by atoms with Crippen molar-refractivity contribution in [3.8, 4) is 0 Å². The van der Waals surface area contributed by atoms with E-state index >= 15 is 0 Å². The van der Waals surface area contributed by atoms with Crippen LogP contribution in [-0.4, -0.2) is 76.7 Å². The highest BCUT2D eigenvalue weighted by atomic mass is 31.2. The second-order valence-electron chi connectivity index (χ2n) is 14.8. The third kappa shape index (κ3) is 36.4. The van der Waals surface area contributed by atoms with E-state index in [9.17, 15) is 19.0 Å². The molecule has 1 unspecified atom stereocenters. The average molecular weight is 721 g/mol. The number of hydrogen-bond acceptors (Lipinski definition) is 8. The topological polar surface area (TPSA) is 123 Å². The fraction of sp³-hybridized carbons (Fsp3) is 0.947. The number of phosphoric ester groups is 1. The Bertz CT molecular complexity index is 824. The monoisotopic (exact) mass is 721 g/mol. The van der Waals surface area contributed by atoms with E-state index in [0.717, 1.165) is 38.5 Å². The molecule has 0 bridgehead atoms. The Kier molecular flexibility index (Phi) is 31.9. The number of nitrogens with one attached hydrogen (secondary N) is 1. The maximum absolute atomic E-state index is 12.5. The van der Waals surface area contributed by atoms with Crippen molar-refractivity contribution in [1.29, 1.82) is 0 Å². The van der Waals surface area contributed by atoms with E-state index in [4.69, 9.17) is 18.5 Å². The first-order valence-electron chi connectivity index (χ1n) is 20.0. The van der Waals surface area contributed by atoms with Crippen molar-refractivity contribution in [2.24, 2.45) is 0 Å². The molecule has 0 aromatic rings. The van der Waals surface area contributed by atoms with Crippen molar-refractivity contribution < 1.29 is 42.1 Å². The molecule has 49 heavy (non-hydrogen) atoms. The third-order valence-corrected chi connectivity index (χ3v) is 9.63. The number of esters is 1. The van der Waals surface area contributed by atoms with Gasteiger partial charge in [0.25, 0.3) is 7.82 Å². The lowest BCUT2D eigenvalue weighted by molar-refractivity contribution is -0.870. The molecule has 0 spiro atoms. The molecule has 1 N–H and O–H groups in total. The number of phosphoric acid groups is 1. The highest BCUT2D eigenvalue weighted by Gasteiger charge is 2.21. The lowest BCUT2D eigenvalue weighted by Gasteiger charge is -2.28. The molecule has 0 radical (unpaired) electrons. The van der Waals surface area contributed by atoms with Crippen LogP contribution in [0.5, 0.6) is 0 Å². The minimum Gasteiger partial charge on any atom is -0.756 e. The Labute approximate surface area is 301 Å². The maximum Gasteiger partial charge on any atom is 0.407 e. The molecule has 0 heterocycles. The zero-order valence-corrected chi connectivity index (χ0v) is 33.3. The maximum atomic E-state index is 12.5. The van der Waals surface area contributed by atoms with Crippen molar-refractivity contribution in [2.45, 2.75) is 180 Å². The number of alkyl carbamates (subject to hydrolysis) is 1. The molecule has 0 aromatic heterocycles. The van der Waals surface area contributed by atoms with E-state index in [1.165, 1.54) is 116 Å². The van der Waals surface area contributed by atoms with E-state index in [2.05, 4.69) is 19.2 Å². The normalized spacial score (nSPS) is 13.6. The molecule has 0 saturated heterocycles. The van der Waals surface area contributed by atoms with Crippen molar-refractivity contribution in [3.05, 3.63) is 0 Å². The van der Waals surface area contributed by atoms with Crippen LogP contribution in [0.25, 0.3) is 0 Å². The molecule has 10 nitrogen and oxygen atoms in total. The molecule has 292 valence electrons. The summed E-state index contributed by atoms with van der Waals surface area (Å²) in [6.07, 6.45) is 27.7. The zero-order chi connectivity index (χ0) is 36.5. The van der Waals surface area contributed by atoms with Gasteiger partial charge >= 0.3 is 12.1 Å². The first-order chi connectivity index (χ1) is 23.5. The van der Waals surface area contributed by atoms with Gasteiger partial charge in [-0.15, -0.1) is 0 Å².